The molecule has 1 fully saturated rings. The molecule has 216 valence electrons. The molecule has 1 N–H and O–H groups in total. The lowest BCUT2D eigenvalue weighted by Gasteiger charge is -2.34. The third-order valence-electron chi connectivity index (χ3n) is 6.11. The first-order valence-corrected chi connectivity index (χ1v) is 13.6. The summed E-state index contributed by atoms with van der Waals surface area (Å²) in [5, 5.41) is 24.5. The number of amides is 1. The Labute approximate surface area is 229 Å². The molecule has 1 saturated heterocycles. The molecule has 1 aliphatic heterocycles. The van der Waals surface area contributed by atoms with Gasteiger partial charge in [0.1, 0.15) is 6.61 Å². The van der Waals surface area contributed by atoms with Gasteiger partial charge in [-0.05, 0) is 36.6 Å². The zero-order valence-corrected chi connectivity index (χ0v) is 22.3. The maximum Gasteiger partial charge on any atom is 0.408 e. The minimum Gasteiger partial charge on any atom is -0.467 e. The van der Waals surface area contributed by atoms with Crippen molar-refractivity contribution in [3.63, 3.8) is 0 Å². The van der Waals surface area contributed by atoms with Crippen LogP contribution in [0.1, 0.15) is 24.8 Å². The van der Waals surface area contributed by atoms with Crippen molar-refractivity contribution in [2.24, 2.45) is 0 Å². The van der Waals surface area contributed by atoms with E-state index in [0.29, 0.717) is 24.8 Å². The molecule has 2 aromatic carbocycles. The van der Waals surface area contributed by atoms with E-state index in [1.165, 1.54) is 42.5 Å². The average molecular weight is 581 g/mol. The largest absolute Gasteiger partial charge is 0.467 e. The van der Waals surface area contributed by atoms with Crippen LogP contribution in [0.15, 0.2) is 53.4 Å². The van der Waals surface area contributed by atoms with Crippen LogP contribution in [0.25, 0.3) is 0 Å². The lowest BCUT2D eigenvalue weighted by atomic mass is 10.1. The molecule has 1 amide bonds. The van der Waals surface area contributed by atoms with Gasteiger partial charge in [0.2, 0.25) is 10.0 Å². The van der Waals surface area contributed by atoms with E-state index in [1.54, 1.807) is 0 Å². The van der Waals surface area contributed by atoms with Crippen molar-refractivity contribution >= 4 is 33.5 Å². The number of para-hydroxylation sites is 1. The highest BCUT2D eigenvalue weighted by Gasteiger charge is 2.37. The number of carbonyl (C=O) groups excluding carboxylic acids is 2. The molecule has 0 aromatic heterocycles. The summed E-state index contributed by atoms with van der Waals surface area (Å²) < 4.78 is 43.2. The summed E-state index contributed by atoms with van der Waals surface area (Å²) in [7, 11) is -3.11. The number of nitrogens with zero attached hydrogens (tertiary/aromatic N) is 3. The Kier molecular flexibility index (Phi) is 10.5. The fourth-order valence-electron chi connectivity index (χ4n) is 4.09. The molecule has 2 atom stereocenters. The summed E-state index contributed by atoms with van der Waals surface area (Å²) in [5.41, 5.74) is -0.179. The van der Waals surface area contributed by atoms with Crippen molar-refractivity contribution in [2.75, 3.05) is 26.9 Å². The van der Waals surface area contributed by atoms with Gasteiger partial charge in [-0.15, -0.1) is 0 Å². The number of hydrogen-bond acceptors (Lipinski definition) is 11. The molecule has 1 heterocycles. The van der Waals surface area contributed by atoms with Gasteiger partial charge in [-0.25, -0.2) is 18.0 Å². The number of piperidine rings is 1. The maximum absolute atomic E-state index is 13.3. The van der Waals surface area contributed by atoms with Crippen LogP contribution >= 0.6 is 0 Å². The molecule has 16 heteroatoms. The molecule has 40 heavy (non-hydrogen) atoms. The topological polar surface area (TPSA) is 198 Å². The fourth-order valence-corrected chi connectivity index (χ4v) is 5.93. The Morgan fingerprint density at radius 2 is 1.77 bits per heavy atom. The lowest BCUT2D eigenvalue weighted by Crippen LogP contribution is -2.48. The van der Waals surface area contributed by atoms with Gasteiger partial charge in [-0.2, -0.15) is 4.31 Å². The standard InChI is InChI=1S/C24H28N4O11S/c1-37-23(29)20(25-24(30)39-14-17-9-11-18(12-10-17)27(31)32)16-38-15-19-6-4-5-13-26(19)40(35,36)22-8-3-2-7-21(22)28(33)34/h2-3,7-12,19-20H,4-6,13-16H2,1H3,(H,25,30)/t19?,20-/m1/s1. The summed E-state index contributed by atoms with van der Waals surface area (Å²) in [5.74, 6) is -0.833. The first-order chi connectivity index (χ1) is 19.0. The van der Waals surface area contributed by atoms with E-state index in [4.69, 9.17) is 14.2 Å². The molecule has 1 aliphatic rings. The van der Waals surface area contributed by atoms with E-state index in [2.05, 4.69) is 5.32 Å². The Balaban J connectivity index is 1.60. The number of nitro benzene ring substituents is 2. The second kappa shape index (κ2) is 13.8. The van der Waals surface area contributed by atoms with Gasteiger partial charge >= 0.3 is 12.1 Å². The van der Waals surface area contributed by atoms with E-state index in [-0.39, 0.29) is 32.1 Å². The Morgan fingerprint density at radius 1 is 1.07 bits per heavy atom. The van der Waals surface area contributed by atoms with Crippen LogP contribution in [-0.4, -0.2) is 73.6 Å². The molecule has 0 saturated carbocycles. The minimum absolute atomic E-state index is 0.123. The van der Waals surface area contributed by atoms with Crippen molar-refractivity contribution < 1.29 is 42.1 Å². The lowest BCUT2D eigenvalue weighted by molar-refractivity contribution is -0.387. The Hall–Kier alpha value is -4.15. The van der Waals surface area contributed by atoms with Crippen LogP contribution in [0, 0.1) is 20.2 Å². The number of nitrogens with one attached hydrogen (secondary N) is 1. The number of carbonyl (C=O) groups is 2. The molecular weight excluding hydrogens is 552 g/mol. The Bertz CT molecular complexity index is 1330. The number of alkyl carbamates (subject to hydrolysis) is 1. The third-order valence-corrected chi connectivity index (χ3v) is 8.11. The molecular formula is C24H28N4O11S. The van der Waals surface area contributed by atoms with Crippen molar-refractivity contribution in [1.82, 2.24) is 9.62 Å². The minimum atomic E-state index is -4.23. The second-order valence-electron chi connectivity index (χ2n) is 8.75. The number of esters is 1. The van der Waals surface area contributed by atoms with Crippen molar-refractivity contribution in [3.05, 3.63) is 74.3 Å². The van der Waals surface area contributed by atoms with E-state index in [9.17, 15) is 38.2 Å². The summed E-state index contributed by atoms with van der Waals surface area (Å²) >= 11 is 0. The van der Waals surface area contributed by atoms with Gasteiger partial charge in [-0.1, -0.05) is 18.6 Å². The number of methoxy groups -OCH3 is 1. The zero-order valence-electron chi connectivity index (χ0n) is 21.5. The predicted molar refractivity (Wildman–Crippen MR) is 138 cm³/mol. The van der Waals surface area contributed by atoms with Gasteiger partial charge in [-0.3, -0.25) is 20.2 Å². The summed E-state index contributed by atoms with van der Waals surface area (Å²) in [6.07, 6.45) is 0.706. The molecule has 3 rings (SSSR count). The number of rotatable bonds is 12. The molecule has 0 spiro atoms. The second-order valence-corrected chi connectivity index (χ2v) is 10.6. The SMILES string of the molecule is COC(=O)[C@@H](COCC1CCCCN1S(=O)(=O)c1ccccc1[N+](=O)[O-])NC(=O)OCc1ccc([N+](=O)[O-])cc1. The van der Waals surface area contributed by atoms with Crippen LogP contribution in [0.3, 0.4) is 0 Å². The van der Waals surface area contributed by atoms with Crippen LogP contribution in [0.5, 0.6) is 0 Å². The quantitative estimate of drug-likeness (QED) is 0.220. The molecule has 15 nitrogen and oxygen atoms in total. The van der Waals surface area contributed by atoms with E-state index >= 15 is 0 Å². The molecule has 0 bridgehead atoms. The third kappa shape index (κ3) is 7.71. The number of non-ortho nitro benzene ring substituents is 1. The summed E-state index contributed by atoms with van der Waals surface area (Å²) in [4.78, 5) is 44.9. The maximum atomic E-state index is 13.3. The van der Waals surface area contributed by atoms with Crippen molar-refractivity contribution in [3.8, 4) is 0 Å². The molecule has 2 aromatic rings. The smallest absolute Gasteiger partial charge is 0.408 e. The number of benzene rings is 2. The fraction of sp³-hybridized carbons (Fsp3) is 0.417. The van der Waals surface area contributed by atoms with Crippen LogP contribution in [0.4, 0.5) is 16.2 Å². The monoisotopic (exact) mass is 580 g/mol. The van der Waals surface area contributed by atoms with Gasteiger partial charge in [0.25, 0.3) is 11.4 Å². The highest BCUT2D eigenvalue weighted by Crippen LogP contribution is 2.30. The zero-order chi connectivity index (χ0) is 29.3. The number of ether oxygens (including phenoxy) is 3. The predicted octanol–water partition coefficient (Wildman–Crippen LogP) is 2.53. The molecule has 0 aliphatic carbocycles. The van der Waals surface area contributed by atoms with Crippen molar-refractivity contribution in [2.45, 2.75) is 42.8 Å². The summed E-state index contributed by atoms with van der Waals surface area (Å²) in [6.45, 7) is -0.600. The molecule has 0 radical (unpaired) electrons. The summed E-state index contributed by atoms with van der Waals surface area (Å²) in [6, 6.07) is 8.49. The first kappa shape index (κ1) is 30.4. The number of nitro groups is 2. The Morgan fingerprint density at radius 3 is 2.42 bits per heavy atom. The highest BCUT2D eigenvalue weighted by molar-refractivity contribution is 7.89. The van der Waals surface area contributed by atoms with Gasteiger partial charge < -0.3 is 19.5 Å². The van der Waals surface area contributed by atoms with Gasteiger partial charge in [0.15, 0.2) is 10.9 Å². The van der Waals surface area contributed by atoms with E-state index in [0.717, 1.165) is 17.5 Å². The normalized spacial score (nSPS) is 16.5. The first-order valence-electron chi connectivity index (χ1n) is 12.1. The number of hydrogen-bond donors (Lipinski definition) is 1. The van der Waals surface area contributed by atoms with Crippen LogP contribution in [0.2, 0.25) is 0 Å². The van der Waals surface area contributed by atoms with Crippen molar-refractivity contribution in [1.29, 1.82) is 0 Å². The van der Waals surface area contributed by atoms with E-state index in [1.807, 2.05) is 0 Å². The highest BCUT2D eigenvalue weighted by atomic mass is 32.2. The number of sulfonamides is 1. The molecule has 1 unspecified atom stereocenters. The van der Waals surface area contributed by atoms with E-state index < -0.39 is 54.6 Å². The van der Waals surface area contributed by atoms with Crippen LogP contribution in [-0.2, 0) is 35.6 Å². The average Bonchev–Trinajstić information content (AvgIpc) is 2.95. The van der Waals surface area contributed by atoms with Crippen LogP contribution < -0.4 is 5.32 Å². The van der Waals surface area contributed by atoms with Gasteiger partial charge in [0, 0.05) is 30.8 Å². The van der Waals surface area contributed by atoms with Gasteiger partial charge in [0.05, 0.1) is 30.2 Å².